The third-order valence-electron chi connectivity index (χ3n) is 4.38. The van der Waals surface area contributed by atoms with Crippen molar-refractivity contribution in [2.24, 2.45) is 0 Å². The minimum absolute atomic E-state index is 0.0258. The number of hydrogen-bond acceptors (Lipinski definition) is 3. The van der Waals surface area contributed by atoms with Crippen molar-refractivity contribution in [2.45, 2.75) is 24.4 Å². The van der Waals surface area contributed by atoms with Crippen LogP contribution in [0, 0.1) is 18.6 Å². The Balaban J connectivity index is 2.24. The molecule has 0 saturated carbocycles. The molecule has 166 valence electrons. The molecule has 0 aliphatic carbocycles. The van der Waals surface area contributed by atoms with Crippen LogP contribution in [-0.2, 0) is 16.0 Å². The largest absolute Gasteiger partial charge is 0.416 e. The molecule has 0 spiro atoms. The van der Waals surface area contributed by atoms with Crippen LogP contribution in [0.4, 0.5) is 30.7 Å². The summed E-state index contributed by atoms with van der Waals surface area (Å²) in [5, 5.41) is 3.59. The van der Waals surface area contributed by atoms with Crippen LogP contribution in [0.5, 0.6) is 0 Å². The van der Waals surface area contributed by atoms with Crippen molar-refractivity contribution in [3.8, 4) is 16.9 Å². The highest BCUT2D eigenvalue weighted by molar-refractivity contribution is 7.90. The standard InChI is InChI=1S/C19H13F7N2O2S/c1-9-5-10(3-4-12(9)19(24,25)26)16-8-15(18(22)23)27-28(16)11-6-13(20)17(14(21)7-11)31(2,29)30/h3-8,18H,1-2H3. The number of hydrogen-bond donors (Lipinski definition) is 0. The Labute approximate surface area is 171 Å². The second-order valence-corrected chi connectivity index (χ2v) is 8.66. The number of sulfone groups is 1. The molecule has 0 atom stereocenters. The minimum Gasteiger partial charge on any atom is -0.232 e. The number of aromatic nitrogens is 2. The number of nitrogens with zero attached hydrogens (tertiary/aromatic N) is 2. The summed E-state index contributed by atoms with van der Waals surface area (Å²) in [4.78, 5) is -1.20. The maximum atomic E-state index is 14.3. The summed E-state index contributed by atoms with van der Waals surface area (Å²) in [6.45, 7) is 1.17. The van der Waals surface area contributed by atoms with Crippen LogP contribution in [-0.4, -0.2) is 24.5 Å². The molecule has 0 radical (unpaired) electrons. The van der Waals surface area contributed by atoms with E-state index in [0.29, 0.717) is 23.1 Å². The number of halogens is 7. The van der Waals surface area contributed by atoms with Gasteiger partial charge >= 0.3 is 6.18 Å². The maximum absolute atomic E-state index is 14.3. The molecule has 0 fully saturated rings. The lowest BCUT2D eigenvalue weighted by atomic mass is 10.0. The lowest BCUT2D eigenvalue weighted by Crippen LogP contribution is -2.09. The smallest absolute Gasteiger partial charge is 0.232 e. The Hall–Kier alpha value is -2.89. The van der Waals surface area contributed by atoms with Crippen LogP contribution in [0.2, 0.25) is 0 Å². The van der Waals surface area contributed by atoms with Gasteiger partial charge in [0.1, 0.15) is 22.2 Å². The summed E-state index contributed by atoms with van der Waals surface area (Å²) in [6, 6.07) is 4.87. The van der Waals surface area contributed by atoms with Crippen molar-refractivity contribution in [1.82, 2.24) is 9.78 Å². The predicted octanol–water partition coefficient (Wildman–Crippen LogP) is 5.49. The zero-order chi connectivity index (χ0) is 23.3. The molecular weight excluding hydrogens is 453 g/mol. The number of aryl methyl sites for hydroxylation is 1. The Morgan fingerprint density at radius 3 is 2.03 bits per heavy atom. The van der Waals surface area contributed by atoms with Crippen molar-refractivity contribution in [3.63, 3.8) is 0 Å². The summed E-state index contributed by atoms with van der Waals surface area (Å²) in [5.74, 6) is -2.94. The van der Waals surface area contributed by atoms with E-state index >= 15 is 0 Å². The third kappa shape index (κ3) is 4.43. The summed E-state index contributed by atoms with van der Waals surface area (Å²) in [7, 11) is -4.26. The monoisotopic (exact) mass is 466 g/mol. The van der Waals surface area contributed by atoms with Gasteiger partial charge in [-0.3, -0.25) is 0 Å². The zero-order valence-corrected chi connectivity index (χ0v) is 16.6. The second-order valence-electron chi connectivity index (χ2n) is 6.71. The maximum Gasteiger partial charge on any atom is 0.416 e. The van der Waals surface area contributed by atoms with Gasteiger partial charge < -0.3 is 0 Å². The lowest BCUT2D eigenvalue weighted by molar-refractivity contribution is -0.138. The Bertz CT molecular complexity index is 1240. The first-order chi connectivity index (χ1) is 14.2. The van der Waals surface area contributed by atoms with E-state index in [0.717, 1.165) is 24.3 Å². The first kappa shape index (κ1) is 22.8. The van der Waals surface area contributed by atoms with E-state index < -0.39 is 55.9 Å². The Morgan fingerprint density at radius 2 is 1.58 bits per heavy atom. The van der Waals surface area contributed by atoms with E-state index in [1.807, 2.05) is 0 Å². The second kappa shape index (κ2) is 7.66. The molecule has 0 aliphatic rings. The van der Waals surface area contributed by atoms with E-state index in [2.05, 4.69) is 5.10 Å². The van der Waals surface area contributed by atoms with E-state index in [4.69, 9.17) is 0 Å². The molecule has 4 nitrogen and oxygen atoms in total. The highest BCUT2D eigenvalue weighted by Crippen LogP contribution is 2.35. The molecule has 31 heavy (non-hydrogen) atoms. The summed E-state index contributed by atoms with van der Waals surface area (Å²) < 4.78 is 118. The first-order valence-electron chi connectivity index (χ1n) is 8.46. The fourth-order valence-electron chi connectivity index (χ4n) is 3.07. The van der Waals surface area contributed by atoms with E-state index in [9.17, 15) is 39.2 Å². The normalized spacial score (nSPS) is 12.6. The van der Waals surface area contributed by atoms with Crippen LogP contribution >= 0.6 is 0 Å². The van der Waals surface area contributed by atoms with Crippen LogP contribution in [0.25, 0.3) is 16.9 Å². The van der Waals surface area contributed by atoms with Gasteiger partial charge in [-0.05, 0) is 30.7 Å². The molecule has 0 bridgehead atoms. The van der Waals surface area contributed by atoms with Crippen LogP contribution in [0.3, 0.4) is 0 Å². The van der Waals surface area contributed by atoms with Crippen LogP contribution in [0.15, 0.2) is 41.3 Å². The van der Waals surface area contributed by atoms with Gasteiger partial charge in [-0.25, -0.2) is 30.7 Å². The molecule has 1 aromatic heterocycles. The molecule has 0 unspecified atom stereocenters. The van der Waals surface area contributed by atoms with Gasteiger partial charge in [-0.1, -0.05) is 6.07 Å². The highest BCUT2D eigenvalue weighted by atomic mass is 32.2. The third-order valence-corrected chi connectivity index (χ3v) is 5.51. The van der Waals surface area contributed by atoms with Gasteiger partial charge in [-0.15, -0.1) is 0 Å². The summed E-state index contributed by atoms with van der Waals surface area (Å²) >= 11 is 0. The van der Waals surface area contributed by atoms with Gasteiger partial charge in [0.05, 0.1) is 16.9 Å². The molecule has 1 heterocycles. The number of alkyl halides is 5. The zero-order valence-electron chi connectivity index (χ0n) is 15.8. The van der Waals surface area contributed by atoms with Gasteiger partial charge in [0.15, 0.2) is 9.84 Å². The van der Waals surface area contributed by atoms with Gasteiger partial charge in [0.25, 0.3) is 6.43 Å². The molecule has 3 rings (SSSR count). The predicted molar refractivity (Wildman–Crippen MR) is 96.7 cm³/mol. The Kier molecular flexibility index (Phi) is 5.63. The number of rotatable bonds is 4. The first-order valence-corrected chi connectivity index (χ1v) is 10.3. The minimum atomic E-state index is -4.63. The molecule has 12 heteroatoms. The van der Waals surface area contributed by atoms with Gasteiger partial charge in [0, 0.05) is 24.0 Å². The molecule has 3 aromatic rings. The van der Waals surface area contributed by atoms with Crippen molar-refractivity contribution in [1.29, 1.82) is 0 Å². The average molecular weight is 466 g/mol. The molecule has 0 amide bonds. The van der Waals surface area contributed by atoms with Crippen LogP contribution in [0.1, 0.15) is 23.2 Å². The molecule has 0 aliphatic heterocycles. The van der Waals surface area contributed by atoms with Gasteiger partial charge in [-0.2, -0.15) is 18.3 Å². The molecule has 0 saturated heterocycles. The van der Waals surface area contributed by atoms with Crippen molar-refractivity contribution >= 4 is 9.84 Å². The quantitative estimate of drug-likeness (QED) is 0.478. The van der Waals surface area contributed by atoms with Gasteiger partial charge in [0.2, 0.25) is 0 Å². The molecule has 2 aromatic carbocycles. The SMILES string of the molecule is Cc1cc(-c2cc(C(F)F)nn2-c2cc(F)c(S(C)(=O)=O)c(F)c2)ccc1C(F)(F)F. The summed E-state index contributed by atoms with van der Waals surface area (Å²) in [5.41, 5.74) is -2.51. The number of benzene rings is 2. The molecule has 0 N–H and O–H groups in total. The topological polar surface area (TPSA) is 52.0 Å². The fraction of sp³-hybridized carbons (Fsp3) is 0.211. The van der Waals surface area contributed by atoms with E-state index in [1.54, 1.807) is 0 Å². The van der Waals surface area contributed by atoms with E-state index in [1.165, 1.54) is 6.92 Å². The lowest BCUT2D eigenvalue weighted by Gasteiger charge is -2.13. The van der Waals surface area contributed by atoms with Crippen LogP contribution < -0.4 is 0 Å². The summed E-state index contributed by atoms with van der Waals surface area (Å²) in [6.07, 6.45) is -7.13. The van der Waals surface area contributed by atoms with Crippen molar-refractivity contribution in [2.75, 3.05) is 6.26 Å². The Morgan fingerprint density at radius 1 is 1.00 bits per heavy atom. The average Bonchev–Trinajstić information content (AvgIpc) is 3.04. The van der Waals surface area contributed by atoms with Crippen molar-refractivity contribution < 1.29 is 39.2 Å². The fourth-order valence-corrected chi connectivity index (χ4v) is 3.90. The highest BCUT2D eigenvalue weighted by Gasteiger charge is 2.32. The van der Waals surface area contributed by atoms with E-state index in [-0.39, 0.29) is 16.8 Å². The molecular formula is C19H13F7N2O2S. The van der Waals surface area contributed by atoms with Crippen molar-refractivity contribution in [3.05, 3.63) is 64.9 Å².